The van der Waals surface area contributed by atoms with Crippen LogP contribution in [0.15, 0.2) is 34.3 Å². The molecule has 1 rings (SSSR count). The van der Waals surface area contributed by atoms with Crippen LogP contribution in [0.2, 0.25) is 0 Å². The summed E-state index contributed by atoms with van der Waals surface area (Å²) in [5.41, 5.74) is 5.92. The zero-order valence-corrected chi connectivity index (χ0v) is 13.0. The Balaban J connectivity index is 2.50. The number of oxime groups is 1. The Morgan fingerprint density at radius 1 is 1.43 bits per heavy atom. The molecular formula is C14H21F2N3OS. The highest BCUT2D eigenvalue weighted by molar-refractivity contribution is 7.99. The number of hydrogen-bond donors (Lipinski definition) is 3. The lowest BCUT2D eigenvalue weighted by Crippen LogP contribution is -2.32. The molecule has 0 saturated carbocycles. The average molecular weight is 317 g/mol. The molecule has 0 atom stereocenters. The van der Waals surface area contributed by atoms with Gasteiger partial charge in [-0.3, -0.25) is 0 Å². The molecule has 0 radical (unpaired) electrons. The number of anilines is 1. The summed E-state index contributed by atoms with van der Waals surface area (Å²) in [5.74, 6) is -2.25. The van der Waals surface area contributed by atoms with Crippen LogP contribution in [0.1, 0.15) is 26.7 Å². The molecule has 1 aromatic carbocycles. The van der Waals surface area contributed by atoms with E-state index in [1.165, 1.54) is 0 Å². The summed E-state index contributed by atoms with van der Waals surface area (Å²) < 4.78 is 24.9. The van der Waals surface area contributed by atoms with Gasteiger partial charge in [0.05, 0.1) is 0 Å². The fourth-order valence-electron chi connectivity index (χ4n) is 1.83. The van der Waals surface area contributed by atoms with E-state index >= 15 is 0 Å². The maximum absolute atomic E-state index is 12.5. The van der Waals surface area contributed by atoms with Gasteiger partial charge in [0.2, 0.25) is 0 Å². The van der Waals surface area contributed by atoms with E-state index in [9.17, 15) is 8.78 Å². The highest BCUT2D eigenvalue weighted by Crippen LogP contribution is 2.31. The van der Waals surface area contributed by atoms with Crippen LogP contribution in [0.25, 0.3) is 0 Å². The first-order valence-electron chi connectivity index (χ1n) is 6.62. The number of nitrogens with one attached hydrogen (secondary N) is 1. The van der Waals surface area contributed by atoms with Crippen LogP contribution >= 0.6 is 11.8 Å². The van der Waals surface area contributed by atoms with Crippen molar-refractivity contribution in [2.45, 2.75) is 37.3 Å². The van der Waals surface area contributed by atoms with Crippen molar-refractivity contribution >= 4 is 23.3 Å². The van der Waals surface area contributed by atoms with Crippen LogP contribution in [-0.2, 0) is 0 Å². The second-order valence-electron chi connectivity index (χ2n) is 5.27. The molecule has 1 aromatic rings. The van der Waals surface area contributed by atoms with E-state index in [2.05, 4.69) is 10.5 Å². The van der Waals surface area contributed by atoms with Gasteiger partial charge in [0.1, 0.15) is 5.84 Å². The van der Waals surface area contributed by atoms with Crippen molar-refractivity contribution in [3.05, 3.63) is 24.3 Å². The average Bonchev–Trinajstić information content (AvgIpc) is 2.43. The van der Waals surface area contributed by atoms with Gasteiger partial charge < -0.3 is 16.3 Å². The van der Waals surface area contributed by atoms with E-state index in [1.807, 2.05) is 13.8 Å². The van der Waals surface area contributed by atoms with E-state index in [1.54, 1.807) is 24.3 Å². The summed E-state index contributed by atoms with van der Waals surface area (Å²) in [6.07, 6.45) is 1.50. The molecule has 0 fully saturated rings. The third kappa shape index (κ3) is 5.79. The zero-order chi connectivity index (χ0) is 15.9. The van der Waals surface area contributed by atoms with Crippen LogP contribution in [0.4, 0.5) is 14.5 Å². The molecule has 0 bridgehead atoms. The quantitative estimate of drug-likeness (QED) is 0.169. The zero-order valence-electron chi connectivity index (χ0n) is 12.1. The minimum Gasteiger partial charge on any atom is -0.409 e. The lowest BCUT2D eigenvalue weighted by Gasteiger charge is -2.22. The van der Waals surface area contributed by atoms with Crippen LogP contribution < -0.4 is 11.1 Å². The predicted octanol–water partition coefficient (Wildman–Crippen LogP) is 3.97. The van der Waals surface area contributed by atoms with Crippen molar-refractivity contribution < 1.29 is 14.0 Å². The molecule has 4 N–H and O–H groups in total. The fourth-order valence-corrected chi connectivity index (χ4v) is 2.44. The van der Waals surface area contributed by atoms with Gasteiger partial charge in [-0.2, -0.15) is 8.78 Å². The Morgan fingerprint density at radius 2 is 2.10 bits per heavy atom. The van der Waals surface area contributed by atoms with Gasteiger partial charge in [-0.15, -0.1) is 0 Å². The molecule has 0 aliphatic rings. The standard InChI is InChI=1S/C14H21F2N3OS/c1-14(2,12(17)19-20)8-5-9-18-10-6-3-4-7-11(10)21-13(15)16/h3-4,6-7,13,18,20H,5,8-9H2,1-2H3,(H2,17,19). The third-order valence-corrected chi connectivity index (χ3v) is 3.99. The number of nitrogens with two attached hydrogens (primary N) is 1. The number of alkyl halides is 2. The second kappa shape index (κ2) is 8.07. The van der Waals surface area contributed by atoms with E-state index in [-0.39, 0.29) is 5.84 Å². The first-order valence-corrected chi connectivity index (χ1v) is 7.50. The number of nitrogens with zero attached hydrogens (tertiary/aromatic N) is 1. The van der Waals surface area contributed by atoms with Crippen LogP contribution in [0, 0.1) is 5.41 Å². The van der Waals surface area contributed by atoms with Crippen molar-refractivity contribution in [3.8, 4) is 0 Å². The smallest absolute Gasteiger partial charge is 0.288 e. The van der Waals surface area contributed by atoms with Crippen LogP contribution in [0.5, 0.6) is 0 Å². The normalized spacial score (nSPS) is 12.7. The highest BCUT2D eigenvalue weighted by atomic mass is 32.2. The molecule has 0 unspecified atom stereocenters. The maximum Gasteiger partial charge on any atom is 0.288 e. The van der Waals surface area contributed by atoms with Crippen LogP contribution in [0.3, 0.4) is 0 Å². The summed E-state index contributed by atoms with van der Waals surface area (Å²) in [6.45, 7) is 4.41. The van der Waals surface area contributed by atoms with Gasteiger partial charge >= 0.3 is 0 Å². The minimum atomic E-state index is -2.44. The molecule has 0 aliphatic carbocycles. The Morgan fingerprint density at radius 3 is 2.71 bits per heavy atom. The number of hydrogen-bond acceptors (Lipinski definition) is 4. The Kier molecular flexibility index (Phi) is 6.74. The highest BCUT2D eigenvalue weighted by Gasteiger charge is 2.22. The molecule has 0 aromatic heterocycles. The number of rotatable bonds is 8. The van der Waals surface area contributed by atoms with E-state index in [0.717, 1.165) is 12.8 Å². The monoisotopic (exact) mass is 317 g/mol. The SMILES string of the molecule is CC(C)(CCCNc1ccccc1SC(F)F)C(N)=NO. The number of thioether (sulfide) groups is 1. The molecule has 0 heterocycles. The third-order valence-electron chi connectivity index (χ3n) is 3.20. The van der Waals surface area contributed by atoms with E-state index in [4.69, 9.17) is 10.9 Å². The van der Waals surface area contributed by atoms with E-state index in [0.29, 0.717) is 28.9 Å². The Bertz CT molecular complexity index is 481. The summed E-state index contributed by atoms with van der Waals surface area (Å²) in [4.78, 5) is 0.531. The molecular weight excluding hydrogens is 296 g/mol. The van der Waals surface area contributed by atoms with Gasteiger partial charge in [0.15, 0.2) is 0 Å². The van der Waals surface area contributed by atoms with Crippen molar-refractivity contribution in [2.24, 2.45) is 16.3 Å². The lowest BCUT2D eigenvalue weighted by atomic mass is 9.86. The lowest BCUT2D eigenvalue weighted by molar-refractivity contribution is 0.252. The number of amidine groups is 1. The molecule has 118 valence electrons. The Labute approximate surface area is 127 Å². The summed E-state index contributed by atoms with van der Waals surface area (Å²) in [5, 5.41) is 14.9. The number of halogens is 2. The van der Waals surface area contributed by atoms with Crippen molar-refractivity contribution in [1.29, 1.82) is 0 Å². The van der Waals surface area contributed by atoms with Gasteiger partial charge in [-0.25, -0.2) is 0 Å². The topological polar surface area (TPSA) is 70.6 Å². The van der Waals surface area contributed by atoms with Crippen LogP contribution in [-0.4, -0.2) is 23.3 Å². The van der Waals surface area contributed by atoms with Gasteiger partial charge in [0.25, 0.3) is 5.76 Å². The Hall–Kier alpha value is -1.50. The van der Waals surface area contributed by atoms with Crippen molar-refractivity contribution in [1.82, 2.24) is 0 Å². The molecule has 0 amide bonds. The molecule has 0 saturated heterocycles. The first kappa shape index (κ1) is 17.6. The summed E-state index contributed by atoms with van der Waals surface area (Å²) in [7, 11) is 0. The van der Waals surface area contributed by atoms with Gasteiger partial charge in [-0.1, -0.05) is 42.9 Å². The maximum atomic E-state index is 12.5. The first-order chi connectivity index (χ1) is 9.86. The fraction of sp³-hybridized carbons (Fsp3) is 0.500. The number of benzene rings is 1. The molecule has 21 heavy (non-hydrogen) atoms. The summed E-state index contributed by atoms with van der Waals surface area (Å²) >= 11 is 0.529. The summed E-state index contributed by atoms with van der Waals surface area (Å²) in [6, 6.07) is 6.98. The largest absolute Gasteiger partial charge is 0.409 e. The molecule has 0 spiro atoms. The number of para-hydroxylation sites is 1. The molecule has 7 heteroatoms. The van der Waals surface area contributed by atoms with Crippen molar-refractivity contribution in [2.75, 3.05) is 11.9 Å². The predicted molar refractivity (Wildman–Crippen MR) is 83.2 cm³/mol. The van der Waals surface area contributed by atoms with Crippen molar-refractivity contribution in [3.63, 3.8) is 0 Å². The van der Waals surface area contributed by atoms with Gasteiger partial charge in [-0.05, 0) is 25.0 Å². The molecule has 4 nitrogen and oxygen atoms in total. The van der Waals surface area contributed by atoms with Gasteiger partial charge in [0, 0.05) is 22.5 Å². The molecule has 0 aliphatic heterocycles. The van der Waals surface area contributed by atoms with E-state index < -0.39 is 11.2 Å². The minimum absolute atomic E-state index is 0.191. The second-order valence-corrected chi connectivity index (χ2v) is 6.31.